The van der Waals surface area contributed by atoms with E-state index in [1.807, 2.05) is 7.05 Å². The van der Waals surface area contributed by atoms with E-state index in [0.717, 1.165) is 24.0 Å². The lowest BCUT2D eigenvalue weighted by atomic mass is 9.86. The fourth-order valence-electron chi connectivity index (χ4n) is 4.11. The molecule has 4 heteroatoms. The maximum absolute atomic E-state index is 6.44. The molecule has 4 nitrogen and oxygen atoms in total. The average molecular weight is 313 g/mol. The molecule has 3 aliphatic rings. The molecule has 2 fully saturated rings. The van der Waals surface area contributed by atoms with Crippen LogP contribution in [0.4, 0.5) is 0 Å². The third-order valence-corrected chi connectivity index (χ3v) is 5.68. The topological polar surface area (TPSA) is 45.7 Å². The van der Waals surface area contributed by atoms with Crippen LogP contribution in [0.1, 0.15) is 57.1 Å². The number of benzene rings is 1. The van der Waals surface area contributed by atoms with Gasteiger partial charge in [0.1, 0.15) is 11.4 Å². The number of hydrogen-bond acceptors (Lipinski definition) is 2. The zero-order valence-corrected chi connectivity index (χ0v) is 14.1. The summed E-state index contributed by atoms with van der Waals surface area (Å²) >= 11 is 0. The fourth-order valence-corrected chi connectivity index (χ4v) is 4.11. The molecule has 3 unspecified atom stereocenters. The molecule has 0 saturated heterocycles. The van der Waals surface area contributed by atoms with Gasteiger partial charge >= 0.3 is 0 Å². The Morgan fingerprint density at radius 2 is 1.96 bits per heavy atom. The molecular weight excluding hydrogens is 286 g/mol. The number of ether oxygens (including phenoxy) is 1. The van der Waals surface area contributed by atoms with E-state index in [2.05, 4.69) is 46.8 Å². The summed E-state index contributed by atoms with van der Waals surface area (Å²) in [6.07, 6.45) is 7.18. The van der Waals surface area contributed by atoms with Gasteiger partial charge in [0.2, 0.25) is 0 Å². The standard InChI is InChI=1S/C19H27N3O/c1-13-11-15(13)21-18(20-2)22-16-12-19(9-5-6-10-19)23-17-8-4-3-7-14(16)17/h3-4,7-8,13,15-16H,5-6,9-12H2,1-2H3,(H2,20,21,22). The first-order chi connectivity index (χ1) is 11.2. The Morgan fingerprint density at radius 3 is 2.65 bits per heavy atom. The van der Waals surface area contributed by atoms with Crippen molar-refractivity contribution in [2.45, 2.75) is 63.1 Å². The second kappa shape index (κ2) is 5.73. The van der Waals surface area contributed by atoms with Crippen molar-refractivity contribution in [1.29, 1.82) is 0 Å². The molecule has 0 aromatic heterocycles. The van der Waals surface area contributed by atoms with Gasteiger partial charge in [0.15, 0.2) is 5.96 Å². The Bertz CT molecular complexity index is 606. The summed E-state index contributed by atoms with van der Waals surface area (Å²) in [5.74, 6) is 2.74. The first-order valence-corrected chi connectivity index (χ1v) is 8.97. The first kappa shape index (κ1) is 14.9. The van der Waals surface area contributed by atoms with Crippen molar-refractivity contribution in [3.63, 3.8) is 0 Å². The zero-order valence-electron chi connectivity index (χ0n) is 14.1. The van der Waals surface area contributed by atoms with Gasteiger partial charge in [0.25, 0.3) is 0 Å². The van der Waals surface area contributed by atoms with Crippen molar-refractivity contribution in [3.8, 4) is 5.75 Å². The number of aliphatic imine (C=N–C) groups is 1. The van der Waals surface area contributed by atoms with Gasteiger partial charge in [-0.15, -0.1) is 0 Å². The van der Waals surface area contributed by atoms with Crippen LogP contribution in [0.3, 0.4) is 0 Å². The van der Waals surface area contributed by atoms with Gasteiger partial charge < -0.3 is 15.4 Å². The molecule has 2 N–H and O–H groups in total. The second-order valence-electron chi connectivity index (χ2n) is 7.47. The number of nitrogens with one attached hydrogen (secondary N) is 2. The van der Waals surface area contributed by atoms with Gasteiger partial charge in [0.05, 0.1) is 6.04 Å². The monoisotopic (exact) mass is 313 g/mol. The van der Waals surface area contributed by atoms with E-state index in [9.17, 15) is 0 Å². The van der Waals surface area contributed by atoms with Crippen LogP contribution in [-0.2, 0) is 0 Å². The number of fused-ring (bicyclic) bond motifs is 1. The van der Waals surface area contributed by atoms with Crippen molar-refractivity contribution in [3.05, 3.63) is 29.8 Å². The molecule has 2 aliphatic carbocycles. The summed E-state index contributed by atoms with van der Waals surface area (Å²) in [5.41, 5.74) is 1.29. The van der Waals surface area contributed by atoms with Gasteiger partial charge in [-0.05, 0) is 44.1 Å². The number of nitrogens with zero attached hydrogens (tertiary/aromatic N) is 1. The van der Waals surface area contributed by atoms with Crippen LogP contribution in [0, 0.1) is 5.92 Å². The van der Waals surface area contributed by atoms with Gasteiger partial charge in [-0.1, -0.05) is 25.1 Å². The van der Waals surface area contributed by atoms with Crippen LogP contribution in [-0.4, -0.2) is 24.7 Å². The van der Waals surface area contributed by atoms with E-state index < -0.39 is 0 Å². The predicted molar refractivity (Wildman–Crippen MR) is 92.8 cm³/mol. The maximum atomic E-state index is 6.44. The summed E-state index contributed by atoms with van der Waals surface area (Å²) < 4.78 is 6.44. The van der Waals surface area contributed by atoms with E-state index in [1.54, 1.807) is 0 Å². The molecule has 124 valence electrons. The summed E-state index contributed by atoms with van der Waals surface area (Å²) in [4.78, 5) is 4.44. The second-order valence-corrected chi connectivity index (χ2v) is 7.47. The van der Waals surface area contributed by atoms with Gasteiger partial charge in [-0.2, -0.15) is 0 Å². The first-order valence-electron chi connectivity index (χ1n) is 8.97. The van der Waals surface area contributed by atoms with Crippen LogP contribution < -0.4 is 15.4 Å². The van der Waals surface area contributed by atoms with E-state index >= 15 is 0 Å². The van der Waals surface area contributed by atoms with Crippen molar-refractivity contribution >= 4 is 5.96 Å². The molecule has 0 radical (unpaired) electrons. The Labute approximate surface area is 138 Å². The summed E-state index contributed by atoms with van der Waals surface area (Å²) in [5, 5.41) is 7.21. The Morgan fingerprint density at radius 1 is 1.22 bits per heavy atom. The maximum Gasteiger partial charge on any atom is 0.191 e. The molecule has 0 amide bonds. The predicted octanol–water partition coefficient (Wildman–Crippen LogP) is 3.40. The summed E-state index contributed by atoms with van der Waals surface area (Å²) in [6, 6.07) is 9.32. The van der Waals surface area contributed by atoms with Crippen LogP contribution >= 0.6 is 0 Å². The van der Waals surface area contributed by atoms with Crippen LogP contribution in [0.15, 0.2) is 29.3 Å². The van der Waals surface area contributed by atoms with E-state index in [4.69, 9.17) is 4.74 Å². The molecule has 1 heterocycles. The molecule has 0 bridgehead atoms. The molecular formula is C19H27N3O. The lowest BCUT2D eigenvalue weighted by Crippen LogP contribution is -2.47. The average Bonchev–Trinajstić information content (AvgIpc) is 3.06. The van der Waals surface area contributed by atoms with Crippen molar-refractivity contribution < 1.29 is 4.74 Å². The van der Waals surface area contributed by atoms with Crippen molar-refractivity contribution in [2.24, 2.45) is 10.9 Å². The van der Waals surface area contributed by atoms with E-state index in [1.165, 1.54) is 37.7 Å². The van der Waals surface area contributed by atoms with E-state index in [0.29, 0.717) is 6.04 Å². The largest absolute Gasteiger partial charge is 0.487 e. The molecule has 1 aliphatic heterocycles. The smallest absolute Gasteiger partial charge is 0.191 e. The minimum atomic E-state index is 0.0255. The third kappa shape index (κ3) is 2.91. The van der Waals surface area contributed by atoms with Crippen molar-refractivity contribution in [2.75, 3.05) is 7.05 Å². The highest BCUT2D eigenvalue weighted by atomic mass is 16.5. The Balaban J connectivity index is 1.56. The van der Waals surface area contributed by atoms with Gasteiger partial charge in [-0.3, -0.25) is 4.99 Å². The molecule has 4 rings (SSSR count). The molecule has 3 atom stereocenters. The highest BCUT2D eigenvalue weighted by molar-refractivity contribution is 5.81. The minimum absolute atomic E-state index is 0.0255. The number of guanidine groups is 1. The van der Waals surface area contributed by atoms with Gasteiger partial charge in [-0.25, -0.2) is 0 Å². The number of para-hydroxylation sites is 1. The van der Waals surface area contributed by atoms with Gasteiger partial charge in [0, 0.05) is 25.1 Å². The SMILES string of the molecule is CN=C(NC1CC2(CCCC2)Oc2ccccc21)NC1CC1C. The lowest BCUT2D eigenvalue weighted by molar-refractivity contribution is 0.0396. The number of hydrogen-bond donors (Lipinski definition) is 2. The molecule has 1 aromatic rings. The molecule has 2 saturated carbocycles. The Hall–Kier alpha value is -1.71. The highest BCUT2D eigenvalue weighted by Crippen LogP contribution is 2.47. The van der Waals surface area contributed by atoms with E-state index in [-0.39, 0.29) is 11.6 Å². The highest BCUT2D eigenvalue weighted by Gasteiger charge is 2.43. The molecule has 1 spiro atoms. The van der Waals surface area contributed by atoms with Crippen molar-refractivity contribution in [1.82, 2.24) is 10.6 Å². The lowest BCUT2D eigenvalue weighted by Gasteiger charge is -2.40. The zero-order chi connectivity index (χ0) is 15.9. The normalized spacial score (nSPS) is 31.4. The van der Waals surface area contributed by atoms with Crippen LogP contribution in [0.5, 0.6) is 5.75 Å². The van der Waals surface area contributed by atoms with Crippen LogP contribution in [0.2, 0.25) is 0 Å². The quantitative estimate of drug-likeness (QED) is 0.650. The molecule has 23 heavy (non-hydrogen) atoms. The summed E-state index contributed by atoms with van der Waals surface area (Å²) in [7, 11) is 1.86. The molecule has 1 aromatic carbocycles. The number of rotatable bonds is 2. The van der Waals surface area contributed by atoms with Crippen LogP contribution in [0.25, 0.3) is 0 Å². The fraction of sp³-hybridized carbons (Fsp3) is 0.632. The third-order valence-electron chi connectivity index (χ3n) is 5.68. The minimum Gasteiger partial charge on any atom is -0.487 e. The Kier molecular flexibility index (Phi) is 3.70. The summed E-state index contributed by atoms with van der Waals surface area (Å²) in [6.45, 7) is 2.28.